The van der Waals surface area contributed by atoms with Gasteiger partial charge in [-0.05, 0) is 61.3 Å². The van der Waals surface area contributed by atoms with Crippen molar-refractivity contribution in [2.24, 2.45) is 0 Å². The summed E-state index contributed by atoms with van der Waals surface area (Å²) in [5.41, 5.74) is 5.26. The summed E-state index contributed by atoms with van der Waals surface area (Å²) < 4.78 is 3.68. The number of fused-ring (bicyclic) bond motifs is 1. The fourth-order valence-corrected chi connectivity index (χ4v) is 5.34. The summed E-state index contributed by atoms with van der Waals surface area (Å²) in [6.07, 6.45) is 7.38. The Bertz CT molecular complexity index is 1450. The van der Waals surface area contributed by atoms with E-state index in [1.54, 1.807) is 0 Å². The first-order valence-electron chi connectivity index (χ1n) is 12.8. The van der Waals surface area contributed by atoms with E-state index in [0.717, 1.165) is 60.1 Å². The van der Waals surface area contributed by atoms with Crippen LogP contribution in [0.5, 0.6) is 0 Å². The minimum atomic E-state index is -0.293. The van der Waals surface area contributed by atoms with Gasteiger partial charge in [0.05, 0.1) is 23.4 Å². The van der Waals surface area contributed by atoms with Crippen LogP contribution >= 0.6 is 0 Å². The number of nitrogens with zero attached hydrogens (tertiary/aromatic N) is 5. The smallest absolute Gasteiger partial charge is 0.259 e. The highest BCUT2D eigenvalue weighted by Crippen LogP contribution is 2.30. The Morgan fingerprint density at radius 1 is 1.08 bits per heavy atom. The number of rotatable bonds is 7. The summed E-state index contributed by atoms with van der Waals surface area (Å²) in [7, 11) is 0. The highest BCUT2D eigenvalue weighted by Gasteiger charge is 2.27. The Hall–Kier alpha value is -3.76. The van der Waals surface area contributed by atoms with E-state index in [-0.39, 0.29) is 17.7 Å². The summed E-state index contributed by atoms with van der Waals surface area (Å²) in [6, 6.07) is 18.0. The Balaban J connectivity index is 1.56. The van der Waals surface area contributed by atoms with Crippen molar-refractivity contribution in [2.75, 3.05) is 0 Å². The third kappa shape index (κ3) is 4.57. The molecule has 1 saturated carbocycles. The van der Waals surface area contributed by atoms with Crippen molar-refractivity contribution in [3.63, 3.8) is 0 Å². The molecule has 0 aliphatic heterocycles. The van der Waals surface area contributed by atoms with E-state index >= 15 is 0 Å². The quantitative estimate of drug-likeness (QED) is 0.407. The highest BCUT2D eigenvalue weighted by atomic mass is 16.3. The molecular formula is C29H31N5O2. The molecule has 2 heterocycles. The van der Waals surface area contributed by atoms with Crippen molar-refractivity contribution in [3.05, 3.63) is 87.6 Å². The van der Waals surface area contributed by atoms with E-state index in [2.05, 4.69) is 23.1 Å². The first kappa shape index (κ1) is 24.0. The number of aromatic nitrogens is 4. The molecule has 0 radical (unpaired) electrons. The second kappa shape index (κ2) is 10.5. The van der Waals surface area contributed by atoms with E-state index in [9.17, 15) is 15.2 Å². The minimum Gasteiger partial charge on any atom is -0.393 e. The van der Waals surface area contributed by atoms with Crippen molar-refractivity contribution in [1.29, 1.82) is 5.26 Å². The first-order chi connectivity index (χ1) is 17.6. The van der Waals surface area contributed by atoms with Gasteiger partial charge < -0.3 is 5.11 Å². The van der Waals surface area contributed by atoms with Crippen molar-refractivity contribution in [1.82, 2.24) is 19.2 Å². The molecule has 1 aliphatic carbocycles. The van der Waals surface area contributed by atoms with E-state index in [0.29, 0.717) is 30.6 Å². The molecule has 36 heavy (non-hydrogen) atoms. The number of benzene rings is 2. The number of nitriles is 1. The fourth-order valence-electron chi connectivity index (χ4n) is 5.34. The third-order valence-corrected chi connectivity index (χ3v) is 7.32. The Morgan fingerprint density at radius 3 is 2.56 bits per heavy atom. The van der Waals surface area contributed by atoms with Crippen LogP contribution in [0, 0.1) is 11.3 Å². The number of hydrogen-bond donors (Lipinski definition) is 1. The zero-order valence-corrected chi connectivity index (χ0v) is 20.6. The molecule has 0 atom stereocenters. The summed E-state index contributed by atoms with van der Waals surface area (Å²) in [5, 5.41) is 24.0. The van der Waals surface area contributed by atoms with Crippen LogP contribution in [0.15, 0.2) is 59.7 Å². The standard InChI is InChI=1S/C29H31N5O2/c1-2-3-8-27-26(17-20-9-11-21(12-10-20)25-7-5-4-6-22(25)18-30)28(36)33(29-31-19-32-34(27)29)23-13-15-24(35)16-14-23/h4-7,9-12,19,23-24,35H,2-3,8,13-17H2,1H3. The lowest BCUT2D eigenvalue weighted by Gasteiger charge is -2.28. The fraction of sp³-hybridized carbons (Fsp3) is 0.379. The number of aryl methyl sites for hydroxylation is 1. The maximum Gasteiger partial charge on any atom is 0.259 e. The molecule has 7 heteroatoms. The monoisotopic (exact) mass is 481 g/mol. The highest BCUT2D eigenvalue weighted by molar-refractivity contribution is 5.70. The summed E-state index contributed by atoms with van der Waals surface area (Å²) in [6.45, 7) is 2.14. The van der Waals surface area contributed by atoms with Gasteiger partial charge in [0.25, 0.3) is 5.56 Å². The zero-order valence-electron chi connectivity index (χ0n) is 20.6. The van der Waals surface area contributed by atoms with Crippen molar-refractivity contribution < 1.29 is 5.11 Å². The van der Waals surface area contributed by atoms with Gasteiger partial charge in [0, 0.05) is 18.0 Å². The van der Waals surface area contributed by atoms with Crippen LogP contribution in [0.4, 0.5) is 0 Å². The number of aliphatic hydroxyl groups is 1. The SMILES string of the molecule is CCCCc1c(Cc2ccc(-c3ccccc3C#N)cc2)c(=O)n(C2CCC(O)CC2)c2ncnn12. The topological polar surface area (TPSA) is 96.2 Å². The van der Waals surface area contributed by atoms with E-state index < -0.39 is 0 Å². The molecule has 0 amide bonds. The molecule has 0 bridgehead atoms. The Kier molecular flexibility index (Phi) is 6.97. The van der Waals surface area contributed by atoms with Crippen LogP contribution < -0.4 is 5.56 Å². The lowest BCUT2D eigenvalue weighted by molar-refractivity contribution is 0.110. The number of hydrogen-bond acceptors (Lipinski definition) is 5. The van der Waals surface area contributed by atoms with Crippen LogP contribution in [-0.2, 0) is 12.8 Å². The molecule has 5 rings (SSSR count). The van der Waals surface area contributed by atoms with Gasteiger partial charge in [-0.2, -0.15) is 15.3 Å². The van der Waals surface area contributed by atoms with Crippen molar-refractivity contribution in [2.45, 2.75) is 70.4 Å². The maximum absolute atomic E-state index is 14.0. The lowest BCUT2D eigenvalue weighted by Crippen LogP contribution is -2.34. The van der Waals surface area contributed by atoms with Crippen molar-refractivity contribution in [3.8, 4) is 17.2 Å². The lowest BCUT2D eigenvalue weighted by atomic mass is 9.92. The number of aliphatic hydroxyl groups excluding tert-OH is 1. The van der Waals surface area contributed by atoms with Crippen LogP contribution in [0.25, 0.3) is 16.9 Å². The molecule has 0 spiro atoms. The maximum atomic E-state index is 14.0. The van der Waals surface area contributed by atoms with Gasteiger partial charge in [0.1, 0.15) is 6.33 Å². The van der Waals surface area contributed by atoms with Gasteiger partial charge in [0.15, 0.2) is 0 Å². The third-order valence-electron chi connectivity index (χ3n) is 7.32. The molecule has 0 unspecified atom stereocenters. The average Bonchev–Trinajstić information content (AvgIpc) is 3.39. The van der Waals surface area contributed by atoms with Gasteiger partial charge in [0.2, 0.25) is 5.78 Å². The van der Waals surface area contributed by atoms with E-state index in [1.165, 1.54) is 6.33 Å². The molecule has 2 aromatic heterocycles. The van der Waals surface area contributed by atoms with Gasteiger partial charge >= 0.3 is 0 Å². The predicted molar refractivity (Wildman–Crippen MR) is 139 cm³/mol. The van der Waals surface area contributed by atoms with Crippen LogP contribution in [-0.4, -0.2) is 30.4 Å². The predicted octanol–water partition coefficient (Wildman–Crippen LogP) is 4.84. The molecule has 2 aromatic carbocycles. The van der Waals surface area contributed by atoms with E-state index in [1.807, 2.05) is 57.6 Å². The van der Waals surface area contributed by atoms with Crippen LogP contribution in [0.1, 0.15) is 73.9 Å². The summed E-state index contributed by atoms with van der Waals surface area (Å²) in [4.78, 5) is 18.5. The molecule has 1 aliphatic rings. The zero-order chi connectivity index (χ0) is 25.1. The average molecular weight is 482 g/mol. The van der Waals surface area contributed by atoms with Crippen LogP contribution in [0.3, 0.4) is 0 Å². The van der Waals surface area contributed by atoms with Gasteiger partial charge in [-0.15, -0.1) is 0 Å². The molecule has 0 saturated heterocycles. The second-order valence-electron chi connectivity index (χ2n) is 9.67. The molecule has 4 aromatic rings. The van der Waals surface area contributed by atoms with E-state index in [4.69, 9.17) is 0 Å². The minimum absolute atomic E-state index is 0.00176. The molecule has 184 valence electrons. The second-order valence-corrected chi connectivity index (χ2v) is 9.67. The largest absolute Gasteiger partial charge is 0.393 e. The molecule has 1 N–H and O–H groups in total. The van der Waals surface area contributed by atoms with Crippen LogP contribution in [0.2, 0.25) is 0 Å². The Labute approximate surface area is 210 Å². The van der Waals surface area contributed by atoms with Gasteiger partial charge in [-0.3, -0.25) is 9.36 Å². The first-order valence-corrected chi connectivity index (χ1v) is 12.8. The van der Waals surface area contributed by atoms with Crippen molar-refractivity contribution >= 4 is 5.78 Å². The summed E-state index contributed by atoms with van der Waals surface area (Å²) >= 11 is 0. The molecule has 1 fully saturated rings. The number of unbranched alkanes of at least 4 members (excludes halogenated alkanes) is 1. The normalized spacial score (nSPS) is 17.8. The molecule has 7 nitrogen and oxygen atoms in total. The van der Waals surface area contributed by atoms with Gasteiger partial charge in [-0.1, -0.05) is 55.8 Å². The Morgan fingerprint density at radius 2 is 1.83 bits per heavy atom. The van der Waals surface area contributed by atoms with Gasteiger partial charge in [-0.25, -0.2) is 4.52 Å². The molecular weight excluding hydrogens is 450 g/mol. The summed E-state index contributed by atoms with van der Waals surface area (Å²) in [5.74, 6) is 0.597.